The Morgan fingerprint density at radius 3 is 2.56 bits per heavy atom. The van der Waals surface area contributed by atoms with Crippen molar-refractivity contribution in [3.8, 4) is 22.8 Å². The number of halogens is 2. The smallest absolute Gasteiger partial charge is 0.125 e. The molecule has 8 nitrogen and oxygen atoms in total. The summed E-state index contributed by atoms with van der Waals surface area (Å²) in [4.78, 5) is 11.6. The molecule has 2 heterocycles. The molecule has 0 unspecified atom stereocenters. The third kappa shape index (κ3) is 6.61. The number of fused-ring (bicyclic) bond motifs is 1. The second-order valence-corrected chi connectivity index (χ2v) is 8.50. The van der Waals surface area contributed by atoms with Crippen molar-refractivity contribution in [2.75, 3.05) is 38.4 Å². The van der Waals surface area contributed by atoms with Crippen LogP contribution in [-0.4, -0.2) is 59.3 Å². The van der Waals surface area contributed by atoms with E-state index >= 15 is 0 Å². The summed E-state index contributed by atoms with van der Waals surface area (Å²) < 4.78 is 25.6. The lowest BCUT2D eigenvalue weighted by molar-refractivity contribution is 0.272. The van der Waals surface area contributed by atoms with Crippen molar-refractivity contribution in [3.63, 3.8) is 0 Å². The molecule has 4 rings (SSSR count). The molecular formula is C26H32ClFN6O2. The SMILES string of the molecule is COc1cc(OCCF)cc(N(CCNC(C)C)c2ccc3ncc(-c4cnn(C)c4)nc3c2)c1.Cl. The van der Waals surface area contributed by atoms with E-state index in [1.807, 2.05) is 43.6 Å². The minimum absolute atomic E-state index is 0. The summed E-state index contributed by atoms with van der Waals surface area (Å²) in [6.45, 7) is 5.11. The van der Waals surface area contributed by atoms with Gasteiger partial charge < -0.3 is 19.7 Å². The van der Waals surface area contributed by atoms with Crippen molar-refractivity contribution < 1.29 is 13.9 Å². The molecule has 0 spiro atoms. The van der Waals surface area contributed by atoms with Crippen LogP contribution in [0.2, 0.25) is 0 Å². The maximum atomic E-state index is 12.7. The van der Waals surface area contributed by atoms with Crippen LogP contribution >= 0.6 is 12.4 Å². The molecule has 0 amide bonds. The zero-order valence-electron chi connectivity index (χ0n) is 20.9. The largest absolute Gasteiger partial charge is 0.497 e. The monoisotopic (exact) mass is 514 g/mol. The molecule has 2 aromatic carbocycles. The molecule has 0 bridgehead atoms. The number of aryl methyl sites for hydroxylation is 1. The van der Waals surface area contributed by atoms with Crippen LogP contribution in [-0.2, 0) is 7.05 Å². The zero-order chi connectivity index (χ0) is 24.8. The fraction of sp³-hybridized carbons (Fsp3) is 0.346. The van der Waals surface area contributed by atoms with Gasteiger partial charge in [0.2, 0.25) is 0 Å². The Balaban J connectivity index is 0.00000361. The lowest BCUT2D eigenvalue weighted by Gasteiger charge is -2.27. The third-order valence-electron chi connectivity index (χ3n) is 5.48. The molecule has 36 heavy (non-hydrogen) atoms. The number of hydrogen-bond acceptors (Lipinski definition) is 7. The minimum atomic E-state index is -0.558. The molecule has 0 fully saturated rings. The van der Waals surface area contributed by atoms with Crippen LogP contribution in [0, 0.1) is 0 Å². The van der Waals surface area contributed by atoms with Gasteiger partial charge in [-0.1, -0.05) is 13.8 Å². The summed E-state index contributed by atoms with van der Waals surface area (Å²) in [6.07, 6.45) is 5.46. The van der Waals surface area contributed by atoms with E-state index in [0.29, 0.717) is 24.1 Å². The van der Waals surface area contributed by atoms with Gasteiger partial charge in [0.05, 0.1) is 36.2 Å². The van der Waals surface area contributed by atoms with Crippen molar-refractivity contribution in [3.05, 3.63) is 55.0 Å². The summed E-state index contributed by atoms with van der Waals surface area (Å²) in [6, 6.07) is 12.0. The van der Waals surface area contributed by atoms with Gasteiger partial charge in [-0.15, -0.1) is 12.4 Å². The number of anilines is 2. The highest BCUT2D eigenvalue weighted by molar-refractivity contribution is 5.85. The van der Waals surface area contributed by atoms with E-state index in [4.69, 9.17) is 14.5 Å². The number of ether oxygens (including phenoxy) is 2. The number of nitrogens with one attached hydrogen (secondary N) is 1. The van der Waals surface area contributed by atoms with Gasteiger partial charge in [-0.25, -0.2) is 9.37 Å². The fourth-order valence-corrected chi connectivity index (χ4v) is 3.80. The minimum Gasteiger partial charge on any atom is -0.497 e. The number of methoxy groups -OCH3 is 1. The highest BCUT2D eigenvalue weighted by atomic mass is 35.5. The first-order valence-corrected chi connectivity index (χ1v) is 11.6. The van der Waals surface area contributed by atoms with Gasteiger partial charge in [-0.05, 0) is 18.2 Å². The molecule has 0 radical (unpaired) electrons. The second-order valence-electron chi connectivity index (χ2n) is 8.50. The van der Waals surface area contributed by atoms with Gasteiger partial charge >= 0.3 is 0 Å². The molecule has 0 saturated heterocycles. The van der Waals surface area contributed by atoms with Crippen LogP contribution in [0.25, 0.3) is 22.3 Å². The van der Waals surface area contributed by atoms with E-state index in [1.54, 1.807) is 30.3 Å². The summed E-state index contributed by atoms with van der Waals surface area (Å²) in [5.41, 5.74) is 5.08. The lowest BCUT2D eigenvalue weighted by Crippen LogP contribution is -2.32. The predicted molar refractivity (Wildman–Crippen MR) is 144 cm³/mol. The zero-order valence-corrected chi connectivity index (χ0v) is 21.8. The highest BCUT2D eigenvalue weighted by Crippen LogP contribution is 2.34. The Morgan fingerprint density at radius 1 is 1.06 bits per heavy atom. The lowest BCUT2D eigenvalue weighted by atomic mass is 10.2. The van der Waals surface area contributed by atoms with Crippen molar-refractivity contribution in [1.29, 1.82) is 0 Å². The molecule has 0 aliphatic carbocycles. The Morgan fingerprint density at radius 2 is 1.86 bits per heavy atom. The van der Waals surface area contributed by atoms with E-state index in [2.05, 4.69) is 34.1 Å². The van der Waals surface area contributed by atoms with Gasteiger partial charge in [0, 0.05) is 67.5 Å². The van der Waals surface area contributed by atoms with Crippen LogP contribution in [0.5, 0.6) is 11.5 Å². The molecule has 0 aliphatic heterocycles. The van der Waals surface area contributed by atoms with Gasteiger partial charge in [0.15, 0.2) is 0 Å². The summed E-state index contributed by atoms with van der Waals surface area (Å²) in [7, 11) is 3.48. The van der Waals surface area contributed by atoms with E-state index in [0.717, 1.165) is 40.2 Å². The maximum Gasteiger partial charge on any atom is 0.125 e. The van der Waals surface area contributed by atoms with E-state index < -0.39 is 6.67 Å². The van der Waals surface area contributed by atoms with Crippen molar-refractivity contribution >= 4 is 34.8 Å². The summed E-state index contributed by atoms with van der Waals surface area (Å²) in [5.74, 6) is 1.19. The Bertz CT molecular complexity index is 1280. The van der Waals surface area contributed by atoms with Gasteiger partial charge in [0.25, 0.3) is 0 Å². The Hall–Kier alpha value is -3.43. The third-order valence-corrected chi connectivity index (χ3v) is 5.48. The number of rotatable bonds is 11. The molecule has 0 saturated carbocycles. The Kier molecular flexibility index (Phi) is 9.44. The van der Waals surface area contributed by atoms with Crippen molar-refractivity contribution in [1.82, 2.24) is 25.1 Å². The molecule has 2 aromatic heterocycles. The molecule has 0 atom stereocenters. The second kappa shape index (κ2) is 12.5. The van der Waals surface area contributed by atoms with Crippen LogP contribution in [0.4, 0.5) is 15.8 Å². The van der Waals surface area contributed by atoms with Gasteiger partial charge in [-0.2, -0.15) is 5.10 Å². The van der Waals surface area contributed by atoms with E-state index in [1.165, 1.54) is 0 Å². The van der Waals surface area contributed by atoms with Crippen LogP contribution < -0.4 is 19.7 Å². The first-order chi connectivity index (χ1) is 17.0. The average molecular weight is 515 g/mol. The van der Waals surface area contributed by atoms with Crippen LogP contribution in [0.15, 0.2) is 55.0 Å². The number of nitrogens with zero attached hydrogens (tertiary/aromatic N) is 5. The maximum absolute atomic E-state index is 12.7. The van der Waals surface area contributed by atoms with Crippen LogP contribution in [0.1, 0.15) is 13.8 Å². The summed E-state index contributed by atoms with van der Waals surface area (Å²) in [5, 5.41) is 7.71. The topological polar surface area (TPSA) is 77.3 Å². The fourth-order valence-electron chi connectivity index (χ4n) is 3.80. The summed E-state index contributed by atoms with van der Waals surface area (Å²) >= 11 is 0. The Labute approximate surface area is 216 Å². The first kappa shape index (κ1) is 27.2. The molecule has 4 aromatic rings. The number of alkyl halides is 1. The van der Waals surface area contributed by atoms with Gasteiger partial charge in [-0.3, -0.25) is 9.67 Å². The van der Waals surface area contributed by atoms with E-state index in [9.17, 15) is 4.39 Å². The van der Waals surface area contributed by atoms with E-state index in [-0.39, 0.29) is 19.0 Å². The standard InChI is InChI=1S/C26H31FN6O2.ClH/c1-18(2)28-8-9-33(21-11-22(34-4)14-23(12-21)35-10-7-27)20-5-6-24-25(13-20)31-26(16-29-24)19-15-30-32(3)17-19;/h5-6,11-18,28H,7-10H2,1-4H3;1H. The number of aromatic nitrogens is 4. The molecule has 10 heteroatoms. The first-order valence-electron chi connectivity index (χ1n) is 11.6. The molecule has 0 aliphatic rings. The molecule has 1 N–H and O–H groups in total. The van der Waals surface area contributed by atoms with Crippen molar-refractivity contribution in [2.45, 2.75) is 19.9 Å². The normalized spacial score (nSPS) is 10.9. The average Bonchev–Trinajstić information content (AvgIpc) is 3.30. The van der Waals surface area contributed by atoms with Crippen LogP contribution in [0.3, 0.4) is 0 Å². The number of hydrogen-bond donors (Lipinski definition) is 1. The highest BCUT2D eigenvalue weighted by Gasteiger charge is 2.15. The molecular weight excluding hydrogens is 483 g/mol. The van der Waals surface area contributed by atoms with Crippen molar-refractivity contribution in [2.24, 2.45) is 7.05 Å². The number of benzene rings is 2. The predicted octanol–water partition coefficient (Wildman–Crippen LogP) is 4.95. The molecule has 192 valence electrons. The van der Waals surface area contributed by atoms with Gasteiger partial charge in [0.1, 0.15) is 24.8 Å². The quantitative estimate of drug-likeness (QED) is 0.303.